The molecule has 0 saturated heterocycles. The van der Waals surface area contributed by atoms with Gasteiger partial charge < -0.3 is 9.32 Å². The van der Waals surface area contributed by atoms with Gasteiger partial charge in [-0.3, -0.25) is 0 Å². The summed E-state index contributed by atoms with van der Waals surface area (Å²) in [4.78, 5) is 2.35. The van der Waals surface area contributed by atoms with Crippen LogP contribution in [0.4, 0.5) is 17.1 Å². The Kier molecular flexibility index (Phi) is 8.19. The Morgan fingerprint density at radius 1 is 0.276 bits per heavy atom. The van der Waals surface area contributed by atoms with Crippen LogP contribution in [0.25, 0.3) is 88.0 Å². The van der Waals surface area contributed by atoms with E-state index in [2.05, 4.69) is 229 Å². The molecule has 0 aliphatic heterocycles. The average molecular weight is 740 g/mol. The third-order valence-electron chi connectivity index (χ3n) is 11.4. The quantitative estimate of drug-likeness (QED) is 0.151. The number of para-hydroxylation sites is 2. The standard InChI is InChI=1S/C56H37NO/c1-5-14-38(15-6-1)43-29-32-50-44(34-43)25-24-42-28-33-53-52-23-13-22-51(55(52)58-56(53)54(42)50)41-26-30-48(31-27-41)57(47-20-11-4-12-21-47)49-36-45(39-16-7-2-8-17-39)35-46(37-49)40-18-9-3-10-19-40/h1-37H. The molecular formula is C56H37NO. The summed E-state index contributed by atoms with van der Waals surface area (Å²) in [5, 5.41) is 6.96. The van der Waals surface area contributed by atoms with Gasteiger partial charge in [-0.15, -0.1) is 0 Å². The molecule has 1 heterocycles. The monoisotopic (exact) mass is 739 g/mol. The normalized spacial score (nSPS) is 11.4. The van der Waals surface area contributed by atoms with E-state index in [0.717, 1.165) is 55.5 Å². The first kappa shape index (κ1) is 33.6. The first-order valence-corrected chi connectivity index (χ1v) is 19.8. The van der Waals surface area contributed by atoms with Crippen molar-refractivity contribution in [2.24, 2.45) is 0 Å². The third kappa shape index (κ3) is 5.91. The fourth-order valence-corrected chi connectivity index (χ4v) is 8.59. The number of fused-ring (bicyclic) bond motifs is 7. The molecule has 0 aliphatic rings. The highest BCUT2D eigenvalue weighted by Gasteiger charge is 2.19. The van der Waals surface area contributed by atoms with Gasteiger partial charge in [-0.2, -0.15) is 0 Å². The van der Waals surface area contributed by atoms with Gasteiger partial charge in [-0.1, -0.05) is 170 Å². The highest BCUT2D eigenvalue weighted by atomic mass is 16.3. The van der Waals surface area contributed by atoms with E-state index in [1.807, 2.05) is 0 Å². The zero-order valence-corrected chi connectivity index (χ0v) is 31.7. The Hall–Kier alpha value is -7.68. The molecule has 0 aliphatic carbocycles. The molecule has 0 bridgehead atoms. The lowest BCUT2D eigenvalue weighted by Crippen LogP contribution is -2.10. The molecule has 0 N–H and O–H groups in total. The molecule has 1 aromatic heterocycles. The van der Waals surface area contributed by atoms with Gasteiger partial charge in [0.2, 0.25) is 0 Å². The Labute approximate surface area is 337 Å². The molecule has 0 atom stereocenters. The van der Waals surface area contributed by atoms with Crippen molar-refractivity contribution in [3.63, 3.8) is 0 Å². The highest BCUT2D eigenvalue weighted by Crippen LogP contribution is 2.43. The number of anilines is 3. The molecule has 2 heteroatoms. The van der Waals surface area contributed by atoms with Gasteiger partial charge in [0.05, 0.1) is 0 Å². The van der Waals surface area contributed by atoms with Crippen molar-refractivity contribution in [2.75, 3.05) is 4.90 Å². The maximum Gasteiger partial charge on any atom is 0.143 e. The van der Waals surface area contributed by atoms with Gasteiger partial charge in [0.25, 0.3) is 0 Å². The van der Waals surface area contributed by atoms with Gasteiger partial charge in [-0.25, -0.2) is 0 Å². The van der Waals surface area contributed by atoms with E-state index in [1.54, 1.807) is 0 Å². The molecule has 0 fully saturated rings. The van der Waals surface area contributed by atoms with Crippen molar-refractivity contribution in [3.8, 4) is 44.5 Å². The maximum atomic E-state index is 6.99. The van der Waals surface area contributed by atoms with E-state index >= 15 is 0 Å². The molecular weight excluding hydrogens is 703 g/mol. The number of hydrogen-bond acceptors (Lipinski definition) is 2. The predicted molar refractivity (Wildman–Crippen MR) is 245 cm³/mol. The molecule has 58 heavy (non-hydrogen) atoms. The number of benzene rings is 10. The molecule has 0 radical (unpaired) electrons. The number of hydrogen-bond donors (Lipinski definition) is 0. The van der Waals surface area contributed by atoms with E-state index in [4.69, 9.17) is 4.42 Å². The first-order chi connectivity index (χ1) is 28.7. The van der Waals surface area contributed by atoms with Crippen LogP contribution in [0.5, 0.6) is 0 Å². The van der Waals surface area contributed by atoms with Crippen molar-refractivity contribution in [3.05, 3.63) is 224 Å². The maximum absolute atomic E-state index is 6.99. The number of furan rings is 1. The van der Waals surface area contributed by atoms with Gasteiger partial charge in [0.1, 0.15) is 11.2 Å². The Balaban J connectivity index is 1.03. The minimum atomic E-state index is 0.902. The predicted octanol–water partition coefficient (Wildman–Crippen LogP) is 16.0. The van der Waals surface area contributed by atoms with Crippen LogP contribution < -0.4 is 4.90 Å². The summed E-state index contributed by atoms with van der Waals surface area (Å²) in [7, 11) is 0. The topological polar surface area (TPSA) is 16.4 Å². The second kappa shape index (κ2) is 14.1. The summed E-state index contributed by atoms with van der Waals surface area (Å²) >= 11 is 0. The van der Waals surface area contributed by atoms with Gasteiger partial charge in [-0.05, 0) is 110 Å². The summed E-state index contributed by atoms with van der Waals surface area (Å²) in [5.74, 6) is 0. The third-order valence-corrected chi connectivity index (χ3v) is 11.4. The Morgan fingerprint density at radius 2 is 0.793 bits per heavy atom. The van der Waals surface area contributed by atoms with Crippen LogP contribution in [0.2, 0.25) is 0 Å². The van der Waals surface area contributed by atoms with E-state index in [9.17, 15) is 0 Å². The van der Waals surface area contributed by atoms with Crippen LogP contribution >= 0.6 is 0 Å². The molecule has 11 aromatic rings. The minimum absolute atomic E-state index is 0.902. The molecule has 2 nitrogen and oxygen atoms in total. The van der Waals surface area contributed by atoms with Crippen LogP contribution in [-0.2, 0) is 0 Å². The fourth-order valence-electron chi connectivity index (χ4n) is 8.59. The largest absolute Gasteiger partial charge is 0.455 e. The van der Waals surface area contributed by atoms with Crippen LogP contribution in [0.15, 0.2) is 229 Å². The summed E-state index contributed by atoms with van der Waals surface area (Å²) in [6.07, 6.45) is 0. The fraction of sp³-hybridized carbons (Fsp3) is 0. The lowest BCUT2D eigenvalue weighted by Gasteiger charge is -2.27. The molecule has 10 aromatic carbocycles. The highest BCUT2D eigenvalue weighted by molar-refractivity contribution is 6.24. The second-order valence-electron chi connectivity index (χ2n) is 14.9. The van der Waals surface area contributed by atoms with Gasteiger partial charge in [0.15, 0.2) is 0 Å². The summed E-state index contributed by atoms with van der Waals surface area (Å²) in [6.45, 7) is 0. The van der Waals surface area contributed by atoms with Crippen LogP contribution in [0, 0.1) is 0 Å². The summed E-state index contributed by atoms with van der Waals surface area (Å²) in [5.41, 5.74) is 14.4. The van der Waals surface area contributed by atoms with Crippen molar-refractivity contribution in [1.29, 1.82) is 0 Å². The zero-order valence-electron chi connectivity index (χ0n) is 31.7. The van der Waals surface area contributed by atoms with Crippen LogP contribution in [0.1, 0.15) is 0 Å². The average Bonchev–Trinajstić information content (AvgIpc) is 3.69. The SMILES string of the molecule is c1ccc(-c2cc(-c3ccccc3)cc(N(c3ccccc3)c3ccc(-c4cccc5c4oc4c5ccc5ccc6cc(-c7ccccc7)ccc6c54)cc3)c2)cc1. The van der Waals surface area contributed by atoms with Crippen molar-refractivity contribution >= 4 is 60.5 Å². The molecule has 0 spiro atoms. The zero-order chi connectivity index (χ0) is 38.4. The van der Waals surface area contributed by atoms with Crippen molar-refractivity contribution in [1.82, 2.24) is 0 Å². The van der Waals surface area contributed by atoms with E-state index < -0.39 is 0 Å². The minimum Gasteiger partial charge on any atom is -0.455 e. The lowest BCUT2D eigenvalue weighted by molar-refractivity contribution is 0.674. The Morgan fingerprint density at radius 3 is 1.45 bits per heavy atom. The lowest BCUT2D eigenvalue weighted by atomic mass is 9.96. The van der Waals surface area contributed by atoms with Crippen molar-refractivity contribution < 1.29 is 4.42 Å². The van der Waals surface area contributed by atoms with Crippen LogP contribution in [0.3, 0.4) is 0 Å². The van der Waals surface area contributed by atoms with E-state index in [0.29, 0.717) is 0 Å². The Bertz CT molecular complexity index is 3180. The smallest absolute Gasteiger partial charge is 0.143 e. The second-order valence-corrected chi connectivity index (χ2v) is 14.9. The molecule has 0 saturated carbocycles. The molecule has 0 amide bonds. The molecule has 0 unspecified atom stereocenters. The van der Waals surface area contributed by atoms with Gasteiger partial charge in [0, 0.05) is 38.8 Å². The summed E-state index contributed by atoms with van der Waals surface area (Å²) < 4.78 is 6.99. The van der Waals surface area contributed by atoms with Crippen LogP contribution in [-0.4, -0.2) is 0 Å². The summed E-state index contributed by atoms with van der Waals surface area (Å²) in [6, 6.07) is 80.5. The number of rotatable bonds is 7. The van der Waals surface area contributed by atoms with E-state index in [1.165, 1.54) is 49.5 Å². The van der Waals surface area contributed by atoms with Gasteiger partial charge >= 0.3 is 0 Å². The molecule has 272 valence electrons. The first-order valence-electron chi connectivity index (χ1n) is 19.8. The molecule has 11 rings (SSSR count). The number of nitrogens with zero attached hydrogens (tertiary/aromatic N) is 1. The van der Waals surface area contributed by atoms with E-state index in [-0.39, 0.29) is 0 Å². The van der Waals surface area contributed by atoms with Crippen molar-refractivity contribution in [2.45, 2.75) is 0 Å².